The van der Waals surface area contributed by atoms with Crippen LogP contribution in [0.25, 0.3) is 0 Å². The summed E-state index contributed by atoms with van der Waals surface area (Å²) in [6.45, 7) is 2.47. The Morgan fingerprint density at radius 2 is 2.00 bits per heavy atom. The summed E-state index contributed by atoms with van der Waals surface area (Å²) in [5.74, 6) is 0. The number of nitrogens with zero attached hydrogens (tertiary/aromatic N) is 4. The molecular formula is C14H14Cl2N4S. The third kappa shape index (κ3) is 3.31. The molecule has 1 aliphatic rings. The summed E-state index contributed by atoms with van der Waals surface area (Å²) < 4.78 is 0. The second kappa shape index (κ2) is 6.48. The molecule has 3 rings (SSSR count). The molecule has 0 unspecified atom stereocenters. The SMILES string of the molecule is CSc1ncc2c(n1)CCN(Cc1c(Cl)cncc1Cl)C2. The number of hydrogen-bond acceptors (Lipinski definition) is 5. The van der Waals surface area contributed by atoms with Gasteiger partial charge in [-0.15, -0.1) is 0 Å². The quantitative estimate of drug-likeness (QED) is 0.632. The van der Waals surface area contributed by atoms with Crippen molar-refractivity contribution in [3.05, 3.63) is 45.5 Å². The zero-order chi connectivity index (χ0) is 14.8. The lowest BCUT2D eigenvalue weighted by molar-refractivity contribution is 0.242. The largest absolute Gasteiger partial charge is 0.294 e. The molecule has 7 heteroatoms. The van der Waals surface area contributed by atoms with Crippen LogP contribution in [0.4, 0.5) is 0 Å². The van der Waals surface area contributed by atoms with Crippen molar-refractivity contribution < 1.29 is 0 Å². The average Bonchev–Trinajstić information content (AvgIpc) is 2.50. The summed E-state index contributed by atoms with van der Waals surface area (Å²) in [6.07, 6.45) is 8.11. The maximum atomic E-state index is 6.19. The van der Waals surface area contributed by atoms with Crippen LogP contribution in [0.1, 0.15) is 16.8 Å². The highest BCUT2D eigenvalue weighted by Crippen LogP contribution is 2.27. The topological polar surface area (TPSA) is 41.9 Å². The van der Waals surface area contributed by atoms with Gasteiger partial charge in [-0.3, -0.25) is 9.88 Å². The second-order valence-electron chi connectivity index (χ2n) is 4.87. The minimum atomic E-state index is 0.613. The van der Waals surface area contributed by atoms with E-state index in [9.17, 15) is 0 Å². The molecule has 0 radical (unpaired) electrons. The lowest BCUT2D eigenvalue weighted by Gasteiger charge is -2.28. The molecule has 0 N–H and O–H groups in total. The minimum Gasteiger partial charge on any atom is -0.294 e. The third-order valence-corrected chi connectivity index (χ3v) is 4.72. The highest BCUT2D eigenvalue weighted by Gasteiger charge is 2.20. The molecule has 0 fully saturated rings. The molecule has 4 nitrogen and oxygen atoms in total. The van der Waals surface area contributed by atoms with Crippen LogP contribution in [0.5, 0.6) is 0 Å². The fraction of sp³-hybridized carbons (Fsp3) is 0.357. The van der Waals surface area contributed by atoms with Gasteiger partial charge in [0, 0.05) is 55.8 Å². The Bertz CT molecular complexity index is 645. The second-order valence-corrected chi connectivity index (χ2v) is 6.46. The van der Waals surface area contributed by atoms with Crippen molar-refractivity contribution in [3.8, 4) is 0 Å². The van der Waals surface area contributed by atoms with Gasteiger partial charge in [0.25, 0.3) is 0 Å². The van der Waals surface area contributed by atoms with E-state index in [1.807, 2.05) is 12.5 Å². The molecule has 3 heterocycles. The van der Waals surface area contributed by atoms with Crippen LogP contribution in [0.15, 0.2) is 23.7 Å². The average molecular weight is 341 g/mol. The standard InChI is InChI=1S/C14H14Cl2N4S/c1-21-14-18-4-9-7-20(3-2-13(9)19-14)8-10-11(15)5-17-6-12(10)16/h4-6H,2-3,7-8H2,1H3. The Hall–Kier alpha value is -0.880. The first-order chi connectivity index (χ1) is 10.2. The highest BCUT2D eigenvalue weighted by molar-refractivity contribution is 7.98. The van der Waals surface area contributed by atoms with Gasteiger partial charge in [0.1, 0.15) is 0 Å². The third-order valence-electron chi connectivity index (χ3n) is 3.51. The summed E-state index contributed by atoms with van der Waals surface area (Å²) in [7, 11) is 0. The van der Waals surface area contributed by atoms with E-state index in [0.717, 1.165) is 35.9 Å². The van der Waals surface area contributed by atoms with Crippen molar-refractivity contribution >= 4 is 35.0 Å². The van der Waals surface area contributed by atoms with Gasteiger partial charge in [0.05, 0.1) is 15.7 Å². The van der Waals surface area contributed by atoms with Crippen molar-refractivity contribution in [3.63, 3.8) is 0 Å². The first kappa shape index (κ1) is 15.0. The van der Waals surface area contributed by atoms with Gasteiger partial charge in [-0.1, -0.05) is 35.0 Å². The van der Waals surface area contributed by atoms with Crippen LogP contribution in [0.2, 0.25) is 10.0 Å². The Morgan fingerprint density at radius 1 is 1.24 bits per heavy atom. The minimum absolute atomic E-state index is 0.613. The van der Waals surface area contributed by atoms with Crippen molar-refractivity contribution in [2.24, 2.45) is 0 Å². The van der Waals surface area contributed by atoms with E-state index in [0.29, 0.717) is 16.6 Å². The van der Waals surface area contributed by atoms with E-state index in [2.05, 4.69) is 19.9 Å². The summed E-state index contributed by atoms with van der Waals surface area (Å²) in [4.78, 5) is 15.2. The van der Waals surface area contributed by atoms with Crippen molar-refractivity contribution in [1.29, 1.82) is 0 Å². The maximum Gasteiger partial charge on any atom is 0.187 e. The molecule has 0 aromatic carbocycles. The molecule has 0 saturated carbocycles. The molecule has 21 heavy (non-hydrogen) atoms. The first-order valence-corrected chi connectivity index (χ1v) is 8.54. The van der Waals surface area contributed by atoms with Crippen molar-refractivity contribution in [1.82, 2.24) is 19.9 Å². The van der Waals surface area contributed by atoms with Crippen LogP contribution in [0, 0.1) is 0 Å². The Kier molecular flexibility index (Phi) is 4.64. The Balaban J connectivity index is 1.77. The number of halogens is 2. The Labute approximate surface area is 137 Å². The monoisotopic (exact) mass is 340 g/mol. The molecule has 2 aromatic rings. The number of fused-ring (bicyclic) bond motifs is 1. The van der Waals surface area contributed by atoms with E-state index in [1.54, 1.807) is 24.2 Å². The predicted octanol–water partition coefficient (Wildman–Crippen LogP) is 3.46. The zero-order valence-corrected chi connectivity index (χ0v) is 13.8. The molecular weight excluding hydrogens is 327 g/mol. The van der Waals surface area contributed by atoms with Gasteiger partial charge in [-0.2, -0.15) is 0 Å². The number of hydrogen-bond donors (Lipinski definition) is 0. The zero-order valence-electron chi connectivity index (χ0n) is 11.5. The first-order valence-electron chi connectivity index (χ1n) is 6.56. The van der Waals surface area contributed by atoms with Crippen molar-refractivity contribution in [2.75, 3.05) is 12.8 Å². The predicted molar refractivity (Wildman–Crippen MR) is 85.9 cm³/mol. The van der Waals surface area contributed by atoms with Gasteiger partial charge < -0.3 is 0 Å². The fourth-order valence-electron chi connectivity index (χ4n) is 2.40. The van der Waals surface area contributed by atoms with E-state index < -0.39 is 0 Å². The van der Waals surface area contributed by atoms with Crippen LogP contribution in [0.3, 0.4) is 0 Å². The number of pyridine rings is 1. The van der Waals surface area contributed by atoms with E-state index in [4.69, 9.17) is 23.2 Å². The smallest absolute Gasteiger partial charge is 0.187 e. The summed E-state index contributed by atoms with van der Waals surface area (Å²) in [5, 5.41) is 2.06. The van der Waals surface area contributed by atoms with Crippen LogP contribution >= 0.6 is 35.0 Å². The van der Waals surface area contributed by atoms with Gasteiger partial charge in [0.2, 0.25) is 0 Å². The molecule has 0 amide bonds. The normalized spacial score (nSPS) is 15.0. The highest BCUT2D eigenvalue weighted by atomic mass is 35.5. The molecule has 0 spiro atoms. The fourth-order valence-corrected chi connectivity index (χ4v) is 3.25. The molecule has 0 saturated heterocycles. The Morgan fingerprint density at radius 3 is 2.71 bits per heavy atom. The molecule has 0 atom stereocenters. The number of thioether (sulfide) groups is 1. The number of rotatable bonds is 3. The summed E-state index contributed by atoms with van der Waals surface area (Å²) in [6, 6.07) is 0. The van der Waals surface area contributed by atoms with Gasteiger partial charge in [0.15, 0.2) is 5.16 Å². The van der Waals surface area contributed by atoms with Crippen molar-refractivity contribution in [2.45, 2.75) is 24.7 Å². The molecule has 1 aliphatic heterocycles. The van der Waals surface area contributed by atoms with Gasteiger partial charge >= 0.3 is 0 Å². The van der Waals surface area contributed by atoms with Gasteiger partial charge in [-0.25, -0.2) is 9.97 Å². The number of aromatic nitrogens is 3. The lowest BCUT2D eigenvalue weighted by atomic mass is 10.1. The molecule has 0 aliphatic carbocycles. The molecule has 0 bridgehead atoms. The van der Waals surface area contributed by atoms with Crippen LogP contribution < -0.4 is 0 Å². The van der Waals surface area contributed by atoms with Crippen LogP contribution in [-0.2, 0) is 19.5 Å². The summed E-state index contributed by atoms with van der Waals surface area (Å²) in [5.41, 5.74) is 3.26. The lowest BCUT2D eigenvalue weighted by Crippen LogP contribution is -2.31. The summed E-state index contributed by atoms with van der Waals surface area (Å²) >= 11 is 13.9. The van der Waals surface area contributed by atoms with Crippen LogP contribution in [-0.4, -0.2) is 32.7 Å². The van der Waals surface area contributed by atoms with E-state index in [-0.39, 0.29) is 0 Å². The molecule has 2 aromatic heterocycles. The van der Waals surface area contributed by atoms with Gasteiger partial charge in [-0.05, 0) is 6.26 Å². The maximum absolute atomic E-state index is 6.19. The van der Waals surface area contributed by atoms with E-state index >= 15 is 0 Å². The molecule has 110 valence electrons. The van der Waals surface area contributed by atoms with E-state index in [1.165, 1.54) is 5.56 Å².